The van der Waals surface area contributed by atoms with Gasteiger partial charge in [0.15, 0.2) is 0 Å². The summed E-state index contributed by atoms with van der Waals surface area (Å²) in [4.78, 5) is 27.0. The number of hydrogen-bond donors (Lipinski definition) is 0. The molecule has 1 heterocycles. The van der Waals surface area contributed by atoms with Crippen LogP contribution in [0.15, 0.2) is 62.6 Å². The standard InChI is InChI=1S/C19H18FN3O3S/c1-22(11-13-3-9-16(27-2)10-4-13)17(24)12-23-19(25)26-18(21-23)14-5-7-15(20)8-6-14/h3-10H,11-12H2,1-2H3. The molecular formula is C19H18FN3O3S. The van der Waals surface area contributed by atoms with E-state index in [0.717, 1.165) is 15.1 Å². The largest absolute Gasteiger partial charge is 0.437 e. The monoisotopic (exact) mass is 387 g/mol. The lowest BCUT2D eigenvalue weighted by molar-refractivity contribution is -0.131. The third-order valence-corrected chi connectivity index (χ3v) is 4.73. The number of carbonyl (C=O) groups excluding carboxylic acids is 1. The van der Waals surface area contributed by atoms with E-state index in [-0.39, 0.29) is 18.3 Å². The lowest BCUT2D eigenvalue weighted by atomic mass is 10.2. The van der Waals surface area contributed by atoms with Gasteiger partial charge in [-0.05, 0) is 48.2 Å². The number of nitrogens with zero attached hydrogens (tertiary/aromatic N) is 3. The van der Waals surface area contributed by atoms with E-state index in [9.17, 15) is 14.0 Å². The predicted molar refractivity (Wildman–Crippen MR) is 101 cm³/mol. The van der Waals surface area contributed by atoms with Crippen molar-refractivity contribution in [1.29, 1.82) is 0 Å². The molecule has 0 N–H and O–H groups in total. The van der Waals surface area contributed by atoms with E-state index in [1.807, 2.05) is 30.5 Å². The quantitative estimate of drug-likeness (QED) is 0.608. The second-order valence-electron chi connectivity index (χ2n) is 5.94. The fraction of sp³-hybridized carbons (Fsp3) is 0.211. The van der Waals surface area contributed by atoms with E-state index >= 15 is 0 Å². The normalized spacial score (nSPS) is 10.8. The van der Waals surface area contributed by atoms with Crippen LogP contribution >= 0.6 is 11.8 Å². The van der Waals surface area contributed by atoms with Gasteiger partial charge in [0.1, 0.15) is 12.4 Å². The molecule has 3 aromatic rings. The van der Waals surface area contributed by atoms with Crippen molar-refractivity contribution in [1.82, 2.24) is 14.7 Å². The zero-order chi connectivity index (χ0) is 19.4. The minimum Gasteiger partial charge on any atom is -0.388 e. The van der Waals surface area contributed by atoms with Crippen LogP contribution in [0.4, 0.5) is 4.39 Å². The van der Waals surface area contributed by atoms with E-state index < -0.39 is 11.6 Å². The molecule has 3 rings (SSSR count). The average molecular weight is 387 g/mol. The number of amides is 1. The first-order valence-electron chi connectivity index (χ1n) is 8.17. The van der Waals surface area contributed by atoms with Crippen LogP contribution < -0.4 is 5.76 Å². The molecule has 6 nitrogen and oxygen atoms in total. The van der Waals surface area contributed by atoms with Crippen LogP contribution in [0.3, 0.4) is 0 Å². The molecule has 0 fully saturated rings. The highest BCUT2D eigenvalue weighted by molar-refractivity contribution is 7.98. The number of halogens is 1. The molecule has 0 aliphatic carbocycles. The predicted octanol–water partition coefficient (Wildman–Crippen LogP) is 3.02. The van der Waals surface area contributed by atoms with Gasteiger partial charge in [-0.15, -0.1) is 16.9 Å². The molecule has 0 radical (unpaired) electrons. The molecule has 0 aliphatic rings. The molecule has 140 valence electrons. The Morgan fingerprint density at radius 1 is 1.19 bits per heavy atom. The third kappa shape index (κ3) is 4.65. The molecule has 2 aromatic carbocycles. The van der Waals surface area contributed by atoms with Gasteiger partial charge >= 0.3 is 5.76 Å². The fourth-order valence-electron chi connectivity index (χ4n) is 2.46. The molecule has 8 heteroatoms. The number of aromatic nitrogens is 2. The van der Waals surface area contributed by atoms with Crippen LogP contribution in [0.25, 0.3) is 11.5 Å². The fourth-order valence-corrected chi connectivity index (χ4v) is 2.87. The Hall–Kier alpha value is -2.87. The van der Waals surface area contributed by atoms with Gasteiger partial charge in [-0.25, -0.2) is 9.18 Å². The van der Waals surface area contributed by atoms with Gasteiger partial charge in [0.25, 0.3) is 0 Å². The topological polar surface area (TPSA) is 68.3 Å². The maximum absolute atomic E-state index is 13.0. The van der Waals surface area contributed by atoms with Gasteiger partial charge in [0, 0.05) is 24.1 Å². The van der Waals surface area contributed by atoms with Crippen molar-refractivity contribution in [2.75, 3.05) is 13.3 Å². The summed E-state index contributed by atoms with van der Waals surface area (Å²) in [6.07, 6.45) is 2.00. The van der Waals surface area contributed by atoms with Crippen LogP contribution in [-0.2, 0) is 17.9 Å². The Labute approximate surface area is 159 Å². The highest BCUT2D eigenvalue weighted by atomic mass is 32.2. The minimum absolute atomic E-state index is 0.0445. The second-order valence-corrected chi connectivity index (χ2v) is 6.82. The summed E-state index contributed by atoms with van der Waals surface area (Å²) in [6.45, 7) is 0.188. The van der Waals surface area contributed by atoms with Crippen molar-refractivity contribution in [3.63, 3.8) is 0 Å². The molecule has 0 atom stereocenters. The van der Waals surface area contributed by atoms with E-state index in [4.69, 9.17) is 4.42 Å². The highest BCUT2D eigenvalue weighted by Gasteiger charge is 2.16. The summed E-state index contributed by atoms with van der Waals surface area (Å²) in [6, 6.07) is 13.3. The van der Waals surface area contributed by atoms with Crippen molar-refractivity contribution in [3.05, 3.63) is 70.5 Å². The lowest BCUT2D eigenvalue weighted by Crippen LogP contribution is -2.32. The van der Waals surface area contributed by atoms with Crippen LogP contribution in [-0.4, -0.2) is 33.9 Å². The molecule has 1 amide bonds. The van der Waals surface area contributed by atoms with Crippen molar-refractivity contribution in [2.45, 2.75) is 18.0 Å². The molecule has 27 heavy (non-hydrogen) atoms. The van der Waals surface area contributed by atoms with Gasteiger partial charge in [0.2, 0.25) is 11.8 Å². The van der Waals surface area contributed by atoms with E-state index in [2.05, 4.69) is 5.10 Å². The Bertz CT molecular complexity index is 981. The van der Waals surface area contributed by atoms with Gasteiger partial charge in [-0.2, -0.15) is 4.68 Å². The smallest absolute Gasteiger partial charge is 0.388 e. The number of hydrogen-bond acceptors (Lipinski definition) is 5. The summed E-state index contributed by atoms with van der Waals surface area (Å²) >= 11 is 1.65. The summed E-state index contributed by atoms with van der Waals surface area (Å²) in [5.41, 5.74) is 1.45. The molecule has 0 spiro atoms. The summed E-state index contributed by atoms with van der Waals surface area (Å²) in [7, 11) is 1.66. The molecule has 0 unspecified atom stereocenters. The number of carbonyl (C=O) groups is 1. The Kier molecular flexibility index (Phi) is 5.75. The Morgan fingerprint density at radius 2 is 1.85 bits per heavy atom. The number of rotatable bonds is 6. The van der Waals surface area contributed by atoms with Crippen molar-refractivity contribution < 1.29 is 13.6 Å². The van der Waals surface area contributed by atoms with Gasteiger partial charge in [-0.1, -0.05) is 12.1 Å². The zero-order valence-corrected chi connectivity index (χ0v) is 15.7. The molecule has 0 aliphatic heterocycles. The van der Waals surface area contributed by atoms with Crippen LogP contribution in [0.5, 0.6) is 0 Å². The van der Waals surface area contributed by atoms with E-state index in [1.165, 1.54) is 29.2 Å². The second kappa shape index (κ2) is 8.22. The number of thioether (sulfide) groups is 1. The van der Waals surface area contributed by atoms with E-state index in [1.54, 1.807) is 18.8 Å². The SMILES string of the molecule is CSc1ccc(CN(C)C(=O)Cn2nc(-c3ccc(F)cc3)oc2=O)cc1. The highest BCUT2D eigenvalue weighted by Crippen LogP contribution is 2.17. The minimum atomic E-state index is -0.736. The van der Waals surface area contributed by atoms with Gasteiger partial charge < -0.3 is 9.32 Å². The number of likely N-dealkylation sites (N-methyl/N-ethyl adjacent to an activating group) is 1. The summed E-state index contributed by atoms with van der Waals surface area (Å²) in [5, 5.41) is 4.03. The third-order valence-electron chi connectivity index (χ3n) is 3.99. The van der Waals surface area contributed by atoms with Crippen LogP contribution in [0, 0.1) is 5.82 Å². The molecule has 0 bridgehead atoms. The molecule has 0 saturated heterocycles. The van der Waals surface area contributed by atoms with Crippen molar-refractivity contribution in [2.24, 2.45) is 0 Å². The van der Waals surface area contributed by atoms with E-state index in [0.29, 0.717) is 12.1 Å². The molecular weight excluding hydrogens is 369 g/mol. The van der Waals surface area contributed by atoms with Crippen LogP contribution in [0.2, 0.25) is 0 Å². The maximum Gasteiger partial charge on any atom is 0.437 e. The first-order chi connectivity index (χ1) is 13.0. The summed E-state index contributed by atoms with van der Waals surface area (Å²) < 4.78 is 19.0. The summed E-state index contributed by atoms with van der Waals surface area (Å²) in [5.74, 6) is -1.36. The lowest BCUT2D eigenvalue weighted by Gasteiger charge is -2.17. The molecule has 1 aromatic heterocycles. The van der Waals surface area contributed by atoms with Crippen LogP contribution in [0.1, 0.15) is 5.56 Å². The van der Waals surface area contributed by atoms with Crippen molar-refractivity contribution in [3.8, 4) is 11.5 Å². The first kappa shape index (κ1) is 18.9. The number of benzene rings is 2. The van der Waals surface area contributed by atoms with Crippen molar-refractivity contribution >= 4 is 17.7 Å². The first-order valence-corrected chi connectivity index (χ1v) is 9.39. The average Bonchev–Trinajstić information content (AvgIpc) is 3.03. The Balaban J connectivity index is 1.67. The molecule has 0 saturated carbocycles. The zero-order valence-electron chi connectivity index (χ0n) is 14.9. The van der Waals surface area contributed by atoms with Gasteiger partial charge in [0.05, 0.1) is 0 Å². The Morgan fingerprint density at radius 3 is 2.48 bits per heavy atom. The maximum atomic E-state index is 13.0. The van der Waals surface area contributed by atoms with Gasteiger partial charge in [-0.3, -0.25) is 4.79 Å².